The van der Waals surface area contributed by atoms with E-state index in [4.69, 9.17) is 11.6 Å². The smallest absolute Gasteiger partial charge is 0.411 e. The number of methoxy groups -OCH3 is 1. The molecule has 2 heterocycles. The molecule has 0 saturated heterocycles. The van der Waals surface area contributed by atoms with E-state index in [0.717, 1.165) is 5.56 Å². The third-order valence-corrected chi connectivity index (χ3v) is 5.60. The molecular formula is C26H23ClN8O4. The molecule has 198 valence electrons. The van der Waals surface area contributed by atoms with Crippen molar-refractivity contribution in [3.05, 3.63) is 95.4 Å². The molecule has 0 aliphatic rings. The van der Waals surface area contributed by atoms with Crippen LogP contribution in [-0.4, -0.2) is 56.3 Å². The molecule has 0 saturated carbocycles. The number of nitrogens with zero attached hydrogens (tertiary/aromatic N) is 5. The summed E-state index contributed by atoms with van der Waals surface area (Å²) >= 11 is 6.15. The van der Waals surface area contributed by atoms with Crippen LogP contribution in [0.4, 0.5) is 16.3 Å². The molecule has 2 aromatic heterocycles. The van der Waals surface area contributed by atoms with Gasteiger partial charge in [-0.1, -0.05) is 41.9 Å². The van der Waals surface area contributed by atoms with Crippen LogP contribution in [0.15, 0.2) is 79.3 Å². The van der Waals surface area contributed by atoms with E-state index in [0.29, 0.717) is 22.0 Å². The van der Waals surface area contributed by atoms with Gasteiger partial charge in [0.05, 0.1) is 24.7 Å². The number of ether oxygens (including phenoxy) is 1. The molecule has 0 aliphatic carbocycles. The number of amides is 3. The molecule has 0 radical (unpaired) electrons. The van der Waals surface area contributed by atoms with Crippen LogP contribution in [-0.2, 0) is 20.7 Å². The second-order valence-electron chi connectivity index (χ2n) is 8.08. The molecule has 4 aromatic rings. The Morgan fingerprint density at radius 1 is 1.08 bits per heavy atom. The van der Waals surface area contributed by atoms with Gasteiger partial charge in [-0.25, -0.2) is 9.78 Å². The van der Waals surface area contributed by atoms with Gasteiger partial charge in [-0.2, -0.15) is 4.68 Å². The maximum absolute atomic E-state index is 13.2. The van der Waals surface area contributed by atoms with Gasteiger partial charge in [0.15, 0.2) is 0 Å². The van der Waals surface area contributed by atoms with E-state index < -0.39 is 23.9 Å². The lowest BCUT2D eigenvalue weighted by atomic mass is 10.0. The lowest BCUT2D eigenvalue weighted by Crippen LogP contribution is -2.44. The first-order valence-corrected chi connectivity index (χ1v) is 12.0. The van der Waals surface area contributed by atoms with Gasteiger partial charge < -0.3 is 15.4 Å². The van der Waals surface area contributed by atoms with Gasteiger partial charge in [-0.3, -0.25) is 14.9 Å². The maximum Gasteiger partial charge on any atom is 0.411 e. The number of pyridine rings is 1. The first kappa shape index (κ1) is 26.9. The molecule has 3 N–H and O–H groups in total. The van der Waals surface area contributed by atoms with E-state index >= 15 is 0 Å². The molecule has 0 fully saturated rings. The Morgan fingerprint density at radius 3 is 2.59 bits per heavy atom. The molecule has 3 amide bonds. The highest BCUT2D eigenvalue weighted by molar-refractivity contribution is 6.30. The summed E-state index contributed by atoms with van der Waals surface area (Å²) in [6.45, 7) is 0. The van der Waals surface area contributed by atoms with Gasteiger partial charge in [0.1, 0.15) is 18.2 Å². The predicted molar refractivity (Wildman–Crippen MR) is 144 cm³/mol. The van der Waals surface area contributed by atoms with Gasteiger partial charge in [0.25, 0.3) is 0 Å². The number of aromatic nitrogens is 5. The normalized spacial score (nSPS) is 11.5. The molecule has 0 aliphatic heterocycles. The summed E-state index contributed by atoms with van der Waals surface area (Å²) < 4.78 is 5.99. The van der Waals surface area contributed by atoms with Crippen LogP contribution < -0.4 is 16.0 Å². The van der Waals surface area contributed by atoms with Crippen molar-refractivity contribution in [3.63, 3.8) is 0 Å². The summed E-state index contributed by atoms with van der Waals surface area (Å²) in [5.74, 6) is -0.735. The lowest BCUT2D eigenvalue weighted by molar-refractivity contribution is -0.123. The van der Waals surface area contributed by atoms with Crippen molar-refractivity contribution in [1.29, 1.82) is 0 Å². The number of carbonyl (C=O) groups excluding carboxylic acids is 3. The Morgan fingerprint density at radius 2 is 1.90 bits per heavy atom. The average molecular weight is 547 g/mol. The van der Waals surface area contributed by atoms with Crippen LogP contribution >= 0.6 is 11.6 Å². The minimum Gasteiger partial charge on any atom is -0.453 e. The zero-order valence-electron chi connectivity index (χ0n) is 20.6. The molecule has 13 heteroatoms. The number of anilines is 2. The fourth-order valence-electron chi connectivity index (χ4n) is 3.51. The Labute approximate surface area is 228 Å². The van der Waals surface area contributed by atoms with Crippen molar-refractivity contribution in [1.82, 2.24) is 30.5 Å². The van der Waals surface area contributed by atoms with Gasteiger partial charge >= 0.3 is 6.09 Å². The zero-order valence-corrected chi connectivity index (χ0v) is 21.4. The second kappa shape index (κ2) is 12.9. The molecule has 0 bridgehead atoms. The fourth-order valence-corrected chi connectivity index (χ4v) is 3.69. The zero-order chi connectivity index (χ0) is 27.6. The molecule has 0 spiro atoms. The lowest BCUT2D eigenvalue weighted by Gasteiger charge is -2.18. The summed E-state index contributed by atoms with van der Waals surface area (Å²) in [4.78, 5) is 41.6. The van der Waals surface area contributed by atoms with E-state index in [9.17, 15) is 14.4 Å². The van der Waals surface area contributed by atoms with Crippen LogP contribution in [0.1, 0.15) is 11.1 Å². The van der Waals surface area contributed by atoms with Crippen LogP contribution in [0.2, 0.25) is 5.02 Å². The Hall–Kier alpha value is -5.10. The van der Waals surface area contributed by atoms with E-state index in [-0.39, 0.29) is 12.2 Å². The van der Waals surface area contributed by atoms with Crippen molar-refractivity contribution in [3.8, 4) is 5.69 Å². The van der Waals surface area contributed by atoms with Crippen molar-refractivity contribution >= 4 is 47.1 Å². The van der Waals surface area contributed by atoms with Gasteiger partial charge in [0.2, 0.25) is 11.8 Å². The summed E-state index contributed by atoms with van der Waals surface area (Å²) in [6.07, 6.45) is 5.25. The molecule has 1 atom stereocenters. The first-order valence-electron chi connectivity index (χ1n) is 11.6. The monoisotopic (exact) mass is 546 g/mol. The molecule has 12 nitrogen and oxygen atoms in total. The molecule has 2 aromatic carbocycles. The average Bonchev–Trinajstić information content (AvgIpc) is 3.48. The van der Waals surface area contributed by atoms with Crippen LogP contribution in [0.3, 0.4) is 0 Å². The third kappa shape index (κ3) is 7.69. The number of tetrazole rings is 1. The third-order valence-electron chi connectivity index (χ3n) is 5.36. The standard InChI is InChI=1S/C26H23ClN8O4/c1-39-26(38)30-20-9-11-23(28-15-20)32-25(37)21(13-17-5-3-2-4-6-17)31-24(36)12-7-18-14-19(27)8-10-22(18)35-16-29-33-34-35/h2-12,14-16,21H,13H2,1H3,(H,30,38)(H,31,36)(H,28,32,37)/t21-/m0/s1. The van der Waals surface area contributed by atoms with Crippen molar-refractivity contribution in [2.75, 3.05) is 17.7 Å². The van der Waals surface area contributed by atoms with Gasteiger partial charge in [-0.15, -0.1) is 5.10 Å². The SMILES string of the molecule is COC(=O)Nc1ccc(NC(=O)[C@H](Cc2ccccc2)NC(=O)C=Cc2cc(Cl)ccc2-n2cnnn2)nc1. The number of carbonyl (C=O) groups is 3. The predicted octanol–water partition coefficient (Wildman–Crippen LogP) is 3.27. The summed E-state index contributed by atoms with van der Waals surface area (Å²) in [5.41, 5.74) is 2.45. The highest BCUT2D eigenvalue weighted by Gasteiger charge is 2.21. The highest BCUT2D eigenvalue weighted by Crippen LogP contribution is 2.20. The minimum absolute atomic E-state index is 0.237. The number of hydrogen-bond donors (Lipinski definition) is 3. The Balaban J connectivity index is 1.49. The van der Waals surface area contributed by atoms with Crippen LogP contribution in [0, 0.1) is 0 Å². The van der Waals surface area contributed by atoms with E-state index in [2.05, 4.69) is 41.2 Å². The second-order valence-corrected chi connectivity index (χ2v) is 8.52. The fraction of sp³-hybridized carbons (Fsp3) is 0.115. The van der Waals surface area contributed by atoms with E-state index in [1.54, 1.807) is 30.3 Å². The number of halogens is 1. The topological polar surface area (TPSA) is 153 Å². The Kier molecular flexibility index (Phi) is 8.93. The van der Waals surface area contributed by atoms with Gasteiger partial charge in [0, 0.05) is 23.1 Å². The summed E-state index contributed by atoms with van der Waals surface area (Å²) in [7, 11) is 1.25. The van der Waals surface area contributed by atoms with Crippen LogP contribution in [0.5, 0.6) is 0 Å². The molecule has 0 unspecified atom stereocenters. The summed E-state index contributed by atoms with van der Waals surface area (Å²) in [6, 6.07) is 16.5. The molecular weight excluding hydrogens is 524 g/mol. The number of nitrogens with one attached hydrogen (secondary N) is 3. The number of hydrogen-bond acceptors (Lipinski definition) is 8. The van der Waals surface area contributed by atoms with Crippen molar-refractivity contribution in [2.24, 2.45) is 0 Å². The molecule has 4 rings (SSSR count). The largest absolute Gasteiger partial charge is 0.453 e. The van der Waals surface area contributed by atoms with Crippen molar-refractivity contribution in [2.45, 2.75) is 12.5 Å². The summed E-state index contributed by atoms with van der Waals surface area (Å²) in [5, 5.41) is 19.5. The first-order chi connectivity index (χ1) is 18.9. The number of rotatable bonds is 9. The quantitative estimate of drug-likeness (QED) is 0.270. The van der Waals surface area contributed by atoms with E-state index in [1.807, 2.05) is 30.3 Å². The minimum atomic E-state index is -0.919. The van der Waals surface area contributed by atoms with Crippen LogP contribution in [0.25, 0.3) is 11.8 Å². The van der Waals surface area contributed by atoms with E-state index in [1.165, 1.54) is 36.5 Å². The molecule has 39 heavy (non-hydrogen) atoms. The number of benzene rings is 2. The highest BCUT2D eigenvalue weighted by atomic mass is 35.5. The maximum atomic E-state index is 13.2. The van der Waals surface area contributed by atoms with Crippen molar-refractivity contribution < 1.29 is 19.1 Å². The Bertz CT molecular complexity index is 1460. The van der Waals surface area contributed by atoms with Gasteiger partial charge in [-0.05, 0) is 52.4 Å².